The summed E-state index contributed by atoms with van der Waals surface area (Å²) >= 11 is 0. The Bertz CT molecular complexity index is 1220. The van der Waals surface area contributed by atoms with E-state index < -0.39 is 0 Å². The number of benzene rings is 1. The van der Waals surface area contributed by atoms with Gasteiger partial charge in [0.25, 0.3) is 6.47 Å². The van der Waals surface area contributed by atoms with Crippen molar-refractivity contribution in [2.24, 2.45) is 0 Å². The number of phenolic OH excluding ortho intramolecular Hbond substituents is 1. The van der Waals surface area contributed by atoms with E-state index in [9.17, 15) is 10.4 Å². The average molecular weight is 463 g/mol. The first kappa shape index (κ1) is 24.3. The molecule has 0 unspecified atom stereocenters. The summed E-state index contributed by atoms with van der Waals surface area (Å²) in [6.45, 7) is 3.58. The normalized spacial score (nSPS) is 12.8. The van der Waals surface area contributed by atoms with Gasteiger partial charge in [-0.2, -0.15) is 5.26 Å². The lowest BCUT2D eigenvalue weighted by molar-refractivity contribution is -0.122. The number of piperidine rings is 1. The maximum atomic E-state index is 10.0. The van der Waals surface area contributed by atoms with E-state index in [-0.39, 0.29) is 23.6 Å². The van der Waals surface area contributed by atoms with E-state index >= 15 is 0 Å². The number of carbonyl (C=O) groups is 1. The zero-order chi connectivity index (χ0) is 24.7. The lowest BCUT2D eigenvalue weighted by Crippen LogP contribution is -2.31. The molecule has 0 aliphatic carbocycles. The molecule has 0 atom stereocenters. The number of nitrogen functional groups attached to an aromatic ring is 1. The number of anilines is 2. The number of phenols is 1. The lowest BCUT2D eigenvalue weighted by atomic mass is 9.97. The number of carboxylic acid groups (broad SMARTS) is 1. The topological polar surface area (TPSA) is 158 Å². The second-order valence-corrected chi connectivity index (χ2v) is 7.63. The van der Waals surface area contributed by atoms with Gasteiger partial charge in [-0.15, -0.1) is 0 Å². The minimum absolute atomic E-state index is 0.0574. The fourth-order valence-electron chi connectivity index (χ4n) is 3.89. The Kier molecular flexibility index (Phi) is 7.82. The summed E-state index contributed by atoms with van der Waals surface area (Å²) in [5.74, 6) is 1.39. The quantitative estimate of drug-likeness (QED) is 0.491. The highest BCUT2D eigenvalue weighted by molar-refractivity contribution is 5.83. The number of ether oxygens (including phenoxy) is 1. The molecule has 0 spiro atoms. The average Bonchev–Trinajstić information content (AvgIpc) is 2.84. The molecule has 1 aliphatic rings. The Labute approximate surface area is 197 Å². The molecule has 1 aromatic carbocycles. The molecule has 10 nitrogen and oxygen atoms in total. The summed E-state index contributed by atoms with van der Waals surface area (Å²) < 4.78 is 5.43. The first-order valence-electron chi connectivity index (χ1n) is 10.7. The largest absolute Gasteiger partial charge is 0.508 e. The van der Waals surface area contributed by atoms with Crippen molar-refractivity contribution in [3.8, 4) is 40.0 Å². The van der Waals surface area contributed by atoms with Crippen molar-refractivity contribution in [3.05, 3.63) is 41.7 Å². The summed E-state index contributed by atoms with van der Waals surface area (Å²) in [5, 5.41) is 26.6. The molecule has 4 rings (SSSR count). The maximum Gasteiger partial charge on any atom is 0.290 e. The van der Waals surface area contributed by atoms with Crippen LogP contribution < -0.4 is 15.4 Å². The smallest absolute Gasteiger partial charge is 0.290 e. The van der Waals surface area contributed by atoms with Crippen molar-refractivity contribution in [1.29, 1.82) is 5.26 Å². The molecule has 0 bridgehead atoms. The summed E-state index contributed by atoms with van der Waals surface area (Å²) in [4.78, 5) is 24.3. The Morgan fingerprint density at radius 2 is 1.85 bits per heavy atom. The molecule has 10 heteroatoms. The van der Waals surface area contributed by atoms with Crippen LogP contribution in [0.25, 0.3) is 22.4 Å². The van der Waals surface area contributed by atoms with Gasteiger partial charge in [0.05, 0.1) is 18.5 Å². The number of nitrogens with two attached hydrogens (primary N) is 1. The van der Waals surface area contributed by atoms with Gasteiger partial charge in [0, 0.05) is 36.0 Å². The lowest BCUT2D eigenvalue weighted by Gasteiger charge is -2.27. The molecule has 0 amide bonds. The molecule has 3 heterocycles. The maximum absolute atomic E-state index is 10.0. The van der Waals surface area contributed by atoms with Crippen molar-refractivity contribution in [2.45, 2.75) is 26.2 Å². The number of aryl methyl sites for hydroxylation is 1. The SMILES string of the molecule is COc1ccc(O)cc1-c1cc(-c2cnc(N3CCCCC3)nc2C)nc(N)c1C#N.O=CO. The molecule has 0 radical (unpaired) electrons. The fraction of sp³-hybridized carbons (Fsp3) is 0.292. The van der Waals surface area contributed by atoms with Crippen LogP contribution in [0.15, 0.2) is 30.5 Å². The van der Waals surface area contributed by atoms with Gasteiger partial charge in [0.15, 0.2) is 0 Å². The number of aromatic nitrogens is 3. The molecule has 176 valence electrons. The zero-order valence-corrected chi connectivity index (χ0v) is 19.0. The van der Waals surface area contributed by atoms with Crippen LogP contribution >= 0.6 is 0 Å². The van der Waals surface area contributed by atoms with Gasteiger partial charge in [0.2, 0.25) is 5.95 Å². The molecule has 2 aromatic heterocycles. The first-order chi connectivity index (χ1) is 16.4. The highest BCUT2D eigenvalue weighted by Crippen LogP contribution is 2.38. The van der Waals surface area contributed by atoms with Gasteiger partial charge in [-0.05, 0) is 50.5 Å². The highest BCUT2D eigenvalue weighted by Gasteiger charge is 2.20. The minimum atomic E-state index is -0.250. The third-order valence-corrected chi connectivity index (χ3v) is 5.51. The summed E-state index contributed by atoms with van der Waals surface area (Å²) in [7, 11) is 1.53. The Morgan fingerprint density at radius 1 is 1.15 bits per heavy atom. The third-order valence-electron chi connectivity index (χ3n) is 5.51. The number of hydrogen-bond acceptors (Lipinski definition) is 9. The van der Waals surface area contributed by atoms with E-state index in [1.807, 2.05) is 6.92 Å². The standard InChI is InChI=1S/C23H24N6O2.CH2O2/c1-14-19(13-26-23(27-14)29-8-4-3-5-9-29)20-11-16(18(12-24)22(25)28-20)17-10-15(30)6-7-21(17)31-2;2-1-3/h6-7,10-11,13,30H,3-5,8-9H2,1-2H3,(H2,25,28);1H,(H,2,3). The number of nitriles is 1. The summed E-state index contributed by atoms with van der Waals surface area (Å²) in [6.07, 6.45) is 5.28. The van der Waals surface area contributed by atoms with Crippen LogP contribution in [0.3, 0.4) is 0 Å². The highest BCUT2D eigenvalue weighted by atomic mass is 16.5. The van der Waals surface area contributed by atoms with Crippen LogP contribution in [0.5, 0.6) is 11.5 Å². The Balaban J connectivity index is 0.00000103. The van der Waals surface area contributed by atoms with Crippen molar-refractivity contribution in [2.75, 3.05) is 30.8 Å². The predicted octanol–water partition coefficient (Wildman–Crippen LogP) is 3.37. The van der Waals surface area contributed by atoms with E-state index in [4.69, 9.17) is 25.4 Å². The second kappa shape index (κ2) is 11.0. The first-order valence-corrected chi connectivity index (χ1v) is 10.7. The van der Waals surface area contributed by atoms with Crippen LogP contribution in [0.2, 0.25) is 0 Å². The summed E-state index contributed by atoms with van der Waals surface area (Å²) in [6, 6.07) is 8.59. The molecule has 4 N–H and O–H groups in total. The molecular formula is C24H26N6O4. The van der Waals surface area contributed by atoms with Crippen LogP contribution in [-0.2, 0) is 4.79 Å². The molecule has 1 saturated heterocycles. The van der Waals surface area contributed by atoms with Crippen LogP contribution in [0.4, 0.5) is 11.8 Å². The van der Waals surface area contributed by atoms with Crippen LogP contribution in [-0.4, -0.2) is 51.8 Å². The van der Waals surface area contributed by atoms with E-state index in [1.54, 1.807) is 24.4 Å². The number of hydrogen-bond donors (Lipinski definition) is 3. The van der Waals surface area contributed by atoms with E-state index in [0.717, 1.165) is 43.1 Å². The molecule has 0 saturated carbocycles. The second-order valence-electron chi connectivity index (χ2n) is 7.63. The van der Waals surface area contributed by atoms with Gasteiger partial charge in [-0.1, -0.05) is 0 Å². The van der Waals surface area contributed by atoms with Crippen molar-refractivity contribution >= 4 is 18.2 Å². The van der Waals surface area contributed by atoms with Gasteiger partial charge in [-0.3, -0.25) is 4.79 Å². The minimum Gasteiger partial charge on any atom is -0.508 e. The molecular weight excluding hydrogens is 436 g/mol. The van der Waals surface area contributed by atoms with Crippen molar-refractivity contribution in [1.82, 2.24) is 15.0 Å². The Morgan fingerprint density at radius 3 is 2.47 bits per heavy atom. The van der Waals surface area contributed by atoms with Crippen molar-refractivity contribution in [3.63, 3.8) is 0 Å². The number of methoxy groups -OCH3 is 1. The summed E-state index contributed by atoms with van der Waals surface area (Å²) in [5.41, 5.74) is 9.51. The number of nitrogens with zero attached hydrogens (tertiary/aromatic N) is 5. The van der Waals surface area contributed by atoms with E-state index in [2.05, 4.69) is 20.9 Å². The molecule has 34 heavy (non-hydrogen) atoms. The van der Waals surface area contributed by atoms with Crippen molar-refractivity contribution < 1.29 is 19.7 Å². The number of aromatic hydroxyl groups is 1. The number of pyridine rings is 1. The fourth-order valence-corrected chi connectivity index (χ4v) is 3.89. The van der Waals surface area contributed by atoms with Gasteiger partial charge >= 0.3 is 0 Å². The molecule has 3 aromatic rings. The molecule has 1 aliphatic heterocycles. The van der Waals surface area contributed by atoms with Crippen LogP contribution in [0.1, 0.15) is 30.5 Å². The monoisotopic (exact) mass is 462 g/mol. The Hall–Kier alpha value is -4.39. The van der Waals surface area contributed by atoms with Crippen LogP contribution in [0, 0.1) is 18.3 Å². The van der Waals surface area contributed by atoms with Gasteiger partial charge < -0.3 is 25.6 Å². The third kappa shape index (κ3) is 5.15. The number of rotatable bonds is 4. The van der Waals surface area contributed by atoms with Gasteiger partial charge in [-0.25, -0.2) is 15.0 Å². The molecule has 1 fully saturated rings. The van der Waals surface area contributed by atoms with E-state index in [0.29, 0.717) is 22.6 Å². The predicted molar refractivity (Wildman–Crippen MR) is 128 cm³/mol. The van der Waals surface area contributed by atoms with Gasteiger partial charge in [0.1, 0.15) is 28.9 Å². The van der Waals surface area contributed by atoms with E-state index in [1.165, 1.54) is 19.6 Å². The zero-order valence-electron chi connectivity index (χ0n) is 19.0.